The molecule has 1 saturated carbocycles. The van der Waals surface area contributed by atoms with Crippen LogP contribution < -0.4 is 10.9 Å². The lowest BCUT2D eigenvalue weighted by Gasteiger charge is -2.17. The number of hydrogen-bond acceptors (Lipinski definition) is 6. The number of hydrogen-bond donors (Lipinski definition) is 2. The van der Waals surface area contributed by atoms with Crippen LogP contribution in [0.3, 0.4) is 0 Å². The molecule has 0 radical (unpaired) electrons. The van der Waals surface area contributed by atoms with Crippen LogP contribution in [0.4, 0.5) is 0 Å². The van der Waals surface area contributed by atoms with E-state index < -0.39 is 23.3 Å². The van der Waals surface area contributed by atoms with E-state index in [1.807, 2.05) is 13.8 Å². The second kappa shape index (κ2) is 8.10. The highest BCUT2D eigenvalue weighted by atomic mass is 16.5. The second-order valence-electron chi connectivity index (χ2n) is 7.58. The first-order chi connectivity index (χ1) is 13.7. The Hall–Kier alpha value is -3.10. The zero-order valence-corrected chi connectivity index (χ0v) is 17.1. The first kappa shape index (κ1) is 20.6. The monoisotopic (exact) mass is 402 g/mol. The Morgan fingerprint density at radius 3 is 2.66 bits per heavy atom. The summed E-state index contributed by atoms with van der Waals surface area (Å²) in [6.07, 6.45) is 4.48. The predicted octanol–water partition coefficient (Wildman–Crippen LogP) is 1.63. The predicted molar refractivity (Wildman–Crippen MR) is 107 cm³/mol. The van der Waals surface area contributed by atoms with Gasteiger partial charge in [0.1, 0.15) is 5.65 Å². The molecular formula is C20H26N4O5. The van der Waals surface area contributed by atoms with Gasteiger partial charge < -0.3 is 15.2 Å². The maximum absolute atomic E-state index is 13.0. The van der Waals surface area contributed by atoms with E-state index in [-0.39, 0.29) is 24.1 Å². The highest BCUT2D eigenvalue weighted by molar-refractivity contribution is 5.97. The average molecular weight is 402 g/mol. The summed E-state index contributed by atoms with van der Waals surface area (Å²) in [6.45, 7) is 7.90. The number of rotatable bonds is 7. The Labute approximate surface area is 168 Å². The number of amides is 1. The molecule has 2 aromatic heterocycles. The topological polar surface area (TPSA) is 115 Å². The molecule has 0 aromatic carbocycles. The molecule has 0 unspecified atom stereocenters. The number of esters is 1. The van der Waals surface area contributed by atoms with Gasteiger partial charge in [0.05, 0.1) is 12.3 Å². The number of fused-ring (bicyclic) bond motifs is 1. The molecule has 0 bridgehead atoms. The van der Waals surface area contributed by atoms with Crippen LogP contribution in [0.2, 0.25) is 0 Å². The molecule has 1 aliphatic carbocycles. The number of nitrogens with zero attached hydrogens (tertiary/aromatic N) is 3. The normalized spacial score (nSPS) is 14.1. The number of carbonyl (C=O) groups excluding carboxylic acids is 2. The quantitative estimate of drug-likeness (QED) is 0.537. The minimum absolute atomic E-state index is 0.0398. The van der Waals surface area contributed by atoms with Crippen LogP contribution in [-0.2, 0) is 16.1 Å². The Balaban J connectivity index is 2.22. The molecule has 1 aliphatic rings. The summed E-state index contributed by atoms with van der Waals surface area (Å²) in [4.78, 5) is 37.3. The van der Waals surface area contributed by atoms with E-state index in [2.05, 4.69) is 10.4 Å². The van der Waals surface area contributed by atoms with Crippen molar-refractivity contribution in [3.05, 3.63) is 33.3 Å². The first-order valence-electron chi connectivity index (χ1n) is 9.75. The van der Waals surface area contributed by atoms with Crippen molar-refractivity contribution in [3.8, 4) is 5.88 Å². The molecule has 9 heteroatoms. The smallest absolute Gasteiger partial charge is 0.330 e. The number of carbonyl (C=O) groups is 2. The van der Waals surface area contributed by atoms with Gasteiger partial charge in [0.2, 0.25) is 5.88 Å². The Kier molecular flexibility index (Phi) is 5.76. The van der Waals surface area contributed by atoms with Gasteiger partial charge in [-0.3, -0.25) is 14.2 Å². The molecule has 2 aromatic rings. The van der Waals surface area contributed by atoms with Gasteiger partial charge in [-0.1, -0.05) is 13.8 Å². The summed E-state index contributed by atoms with van der Waals surface area (Å²) in [5.74, 6) is -1.41. The van der Waals surface area contributed by atoms with E-state index in [9.17, 15) is 19.5 Å². The SMILES string of the molecule is CCOC(=O)/C=C/c1c(C)nn2c(=O)c(C(=O)NC3CC3)c(O)n(CC(C)C)c12. The third-order valence-corrected chi connectivity index (χ3v) is 4.58. The van der Waals surface area contributed by atoms with Crippen LogP contribution >= 0.6 is 0 Å². The van der Waals surface area contributed by atoms with Crippen molar-refractivity contribution in [1.82, 2.24) is 19.5 Å². The number of ether oxygens (including phenoxy) is 1. The Bertz CT molecular complexity index is 1040. The molecule has 156 valence electrons. The van der Waals surface area contributed by atoms with Gasteiger partial charge in [-0.15, -0.1) is 0 Å². The molecule has 3 rings (SSSR count). The van der Waals surface area contributed by atoms with Crippen molar-refractivity contribution in [2.24, 2.45) is 5.92 Å². The summed E-state index contributed by atoms with van der Waals surface area (Å²) in [5.41, 5.74) is 0.282. The summed E-state index contributed by atoms with van der Waals surface area (Å²) >= 11 is 0. The van der Waals surface area contributed by atoms with Crippen LogP contribution in [0.15, 0.2) is 10.9 Å². The van der Waals surface area contributed by atoms with Crippen LogP contribution in [0.25, 0.3) is 11.7 Å². The molecule has 0 saturated heterocycles. The highest BCUT2D eigenvalue weighted by Gasteiger charge is 2.30. The zero-order chi connectivity index (χ0) is 21.3. The summed E-state index contributed by atoms with van der Waals surface area (Å²) in [7, 11) is 0. The molecule has 0 atom stereocenters. The molecule has 9 nitrogen and oxygen atoms in total. The van der Waals surface area contributed by atoms with Crippen LogP contribution in [0.1, 0.15) is 55.2 Å². The molecular weight excluding hydrogens is 376 g/mol. The number of aromatic hydroxyl groups is 1. The van der Waals surface area contributed by atoms with E-state index in [4.69, 9.17) is 4.74 Å². The third-order valence-electron chi connectivity index (χ3n) is 4.58. The van der Waals surface area contributed by atoms with Gasteiger partial charge >= 0.3 is 5.97 Å². The summed E-state index contributed by atoms with van der Waals surface area (Å²) < 4.78 is 7.52. The lowest BCUT2D eigenvalue weighted by atomic mass is 10.2. The fourth-order valence-corrected chi connectivity index (χ4v) is 3.12. The van der Waals surface area contributed by atoms with Crippen molar-refractivity contribution < 1.29 is 19.4 Å². The van der Waals surface area contributed by atoms with Crippen LogP contribution in [-0.4, -0.2) is 43.8 Å². The van der Waals surface area contributed by atoms with Crippen molar-refractivity contribution in [1.29, 1.82) is 0 Å². The molecule has 2 heterocycles. The van der Waals surface area contributed by atoms with E-state index in [1.165, 1.54) is 16.7 Å². The third kappa shape index (κ3) is 4.18. The average Bonchev–Trinajstić information content (AvgIpc) is 3.38. The number of aromatic nitrogens is 3. The van der Waals surface area contributed by atoms with E-state index in [0.29, 0.717) is 23.4 Å². The lowest BCUT2D eigenvalue weighted by Crippen LogP contribution is -2.34. The minimum Gasteiger partial charge on any atom is -0.494 e. The van der Waals surface area contributed by atoms with Crippen molar-refractivity contribution in [2.75, 3.05) is 6.61 Å². The highest BCUT2D eigenvalue weighted by Crippen LogP contribution is 2.26. The van der Waals surface area contributed by atoms with Gasteiger partial charge in [-0.25, -0.2) is 4.79 Å². The number of nitrogens with one attached hydrogen (secondary N) is 1. The van der Waals surface area contributed by atoms with Crippen LogP contribution in [0, 0.1) is 12.8 Å². The largest absolute Gasteiger partial charge is 0.494 e. The van der Waals surface area contributed by atoms with Crippen molar-refractivity contribution in [2.45, 2.75) is 53.1 Å². The first-order valence-corrected chi connectivity index (χ1v) is 9.75. The standard InChI is InChI=1S/C20H26N4O5/c1-5-29-15(25)9-8-14-12(4)22-24-18(14)23(10-11(2)3)19(27)16(20(24)28)17(26)21-13-6-7-13/h8-9,11,13,27H,5-7,10H2,1-4H3,(H,21,26)/b9-8+. The van der Waals surface area contributed by atoms with Gasteiger partial charge in [-0.05, 0) is 38.7 Å². The van der Waals surface area contributed by atoms with E-state index in [0.717, 1.165) is 17.4 Å². The van der Waals surface area contributed by atoms with Gasteiger partial charge in [0, 0.05) is 24.2 Å². The number of aryl methyl sites for hydroxylation is 1. The fourth-order valence-electron chi connectivity index (χ4n) is 3.12. The summed E-state index contributed by atoms with van der Waals surface area (Å²) in [6, 6.07) is 0.0398. The molecule has 0 aliphatic heterocycles. The molecule has 2 N–H and O–H groups in total. The van der Waals surface area contributed by atoms with Gasteiger partial charge in [0.25, 0.3) is 11.5 Å². The molecule has 1 amide bonds. The van der Waals surface area contributed by atoms with Crippen molar-refractivity contribution in [3.63, 3.8) is 0 Å². The van der Waals surface area contributed by atoms with E-state index in [1.54, 1.807) is 13.8 Å². The minimum atomic E-state index is -0.699. The maximum atomic E-state index is 13.0. The molecule has 0 spiro atoms. The van der Waals surface area contributed by atoms with E-state index >= 15 is 0 Å². The molecule has 1 fully saturated rings. The Morgan fingerprint density at radius 2 is 2.07 bits per heavy atom. The Morgan fingerprint density at radius 1 is 1.38 bits per heavy atom. The fraction of sp³-hybridized carbons (Fsp3) is 0.500. The van der Waals surface area contributed by atoms with Crippen LogP contribution in [0.5, 0.6) is 5.88 Å². The van der Waals surface area contributed by atoms with Gasteiger partial charge in [0.15, 0.2) is 5.56 Å². The second-order valence-corrected chi connectivity index (χ2v) is 7.58. The van der Waals surface area contributed by atoms with Crippen molar-refractivity contribution >= 4 is 23.6 Å². The lowest BCUT2D eigenvalue weighted by molar-refractivity contribution is -0.137. The maximum Gasteiger partial charge on any atom is 0.330 e. The van der Waals surface area contributed by atoms with Gasteiger partial charge in [-0.2, -0.15) is 9.61 Å². The molecule has 29 heavy (non-hydrogen) atoms. The zero-order valence-electron chi connectivity index (χ0n) is 17.1. The summed E-state index contributed by atoms with van der Waals surface area (Å²) in [5, 5.41) is 17.9.